The third-order valence-electron chi connectivity index (χ3n) is 2.77. The summed E-state index contributed by atoms with van der Waals surface area (Å²) in [6.45, 7) is 4.50. The Labute approximate surface area is 133 Å². The van der Waals surface area contributed by atoms with E-state index in [4.69, 9.17) is 0 Å². The van der Waals surface area contributed by atoms with Crippen molar-refractivity contribution in [1.29, 1.82) is 0 Å². The van der Waals surface area contributed by atoms with Crippen molar-refractivity contribution in [3.05, 3.63) is 46.6 Å². The summed E-state index contributed by atoms with van der Waals surface area (Å²) in [5, 5.41) is 2.99. The highest BCUT2D eigenvalue weighted by atomic mass is 79.9. The number of benzene rings is 1. The van der Waals surface area contributed by atoms with Crippen LogP contribution in [0.5, 0.6) is 0 Å². The van der Waals surface area contributed by atoms with Crippen LogP contribution in [0.1, 0.15) is 12.5 Å². The number of rotatable bonds is 5. The lowest BCUT2D eigenvalue weighted by atomic mass is 10.2. The summed E-state index contributed by atoms with van der Waals surface area (Å²) in [7, 11) is -3.65. The van der Waals surface area contributed by atoms with Gasteiger partial charge < -0.3 is 5.32 Å². The van der Waals surface area contributed by atoms with Gasteiger partial charge in [0.05, 0.1) is 10.6 Å². The Morgan fingerprint density at radius 1 is 1.24 bits per heavy atom. The number of nitrogens with zero attached hydrogens (tertiary/aromatic N) is 1. The van der Waals surface area contributed by atoms with Crippen molar-refractivity contribution in [2.24, 2.45) is 0 Å². The largest absolute Gasteiger partial charge is 0.370 e. The number of nitrogens with one attached hydrogen (secondary N) is 2. The predicted octanol–water partition coefficient (Wildman–Crippen LogP) is 3.39. The van der Waals surface area contributed by atoms with E-state index in [1.165, 1.54) is 18.3 Å². The normalized spacial score (nSPS) is 11.2. The molecule has 0 saturated heterocycles. The average molecular weight is 370 g/mol. The zero-order valence-corrected chi connectivity index (χ0v) is 14.1. The number of sulfonamides is 1. The van der Waals surface area contributed by atoms with E-state index in [9.17, 15) is 8.42 Å². The lowest BCUT2D eigenvalue weighted by Gasteiger charge is -2.11. The summed E-state index contributed by atoms with van der Waals surface area (Å²) < 4.78 is 28.1. The lowest BCUT2D eigenvalue weighted by molar-refractivity contribution is 0.601. The molecule has 5 nitrogen and oxygen atoms in total. The van der Waals surface area contributed by atoms with Crippen molar-refractivity contribution in [1.82, 2.24) is 4.98 Å². The Balaban J connectivity index is 2.34. The fraction of sp³-hybridized carbons (Fsp3) is 0.214. The summed E-state index contributed by atoms with van der Waals surface area (Å²) in [5.41, 5.74) is 1.48. The number of pyridine rings is 1. The number of hydrogen-bond donors (Lipinski definition) is 2. The van der Waals surface area contributed by atoms with Crippen LogP contribution >= 0.6 is 15.9 Å². The zero-order valence-electron chi connectivity index (χ0n) is 11.7. The molecular weight excluding hydrogens is 354 g/mol. The summed E-state index contributed by atoms with van der Waals surface area (Å²) in [4.78, 5) is 4.24. The van der Waals surface area contributed by atoms with Gasteiger partial charge in [-0.3, -0.25) is 4.72 Å². The smallest absolute Gasteiger partial charge is 0.262 e. The van der Waals surface area contributed by atoms with Crippen LogP contribution < -0.4 is 10.0 Å². The highest BCUT2D eigenvalue weighted by Crippen LogP contribution is 2.26. The topological polar surface area (TPSA) is 71.1 Å². The molecule has 0 aliphatic carbocycles. The molecule has 0 bridgehead atoms. The minimum absolute atomic E-state index is 0.168. The van der Waals surface area contributed by atoms with Crippen LogP contribution in [0.3, 0.4) is 0 Å². The predicted molar refractivity (Wildman–Crippen MR) is 88.1 cm³/mol. The van der Waals surface area contributed by atoms with Gasteiger partial charge in [-0.25, -0.2) is 13.4 Å². The molecule has 2 N–H and O–H groups in total. The fourth-order valence-corrected chi connectivity index (χ4v) is 3.34. The minimum atomic E-state index is -3.65. The molecule has 0 amide bonds. The van der Waals surface area contributed by atoms with Gasteiger partial charge in [0.15, 0.2) is 0 Å². The van der Waals surface area contributed by atoms with Gasteiger partial charge in [-0.2, -0.15) is 0 Å². The molecule has 1 aromatic heterocycles. The monoisotopic (exact) mass is 369 g/mol. The molecule has 1 heterocycles. The zero-order chi connectivity index (χ0) is 15.5. The van der Waals surface area contributed by atoms with E-state index in [0.717, 1.165) is 5.56 Å². The van der Waals surface area contributed by atoms with Crippen molar-refractivity contribution in [2.45, 2.75) is 18.7 Å². The molecule has 0 saturated carbocycles. The third kappa shape index (κ3) is 3.95. The molecule has 2 aromatic rings. The van der Waals surface area contributed by atoms with E-state index in [1.54, 1.807) is 6.07 Å². The molecule has 7 heteroatoms. The second-order valence-electron chi connectivity index (χ2n) is 4.50. The Hall–Kier alpha value is -1.60. The van der Waals surface area contributed by atoms with Crippen LogP contribution in [0.15, 0.2) is 45.9 Å². The molecular formula is C14H16BrN3O2S. The Morgan fingerprint density at radius 2 is 2.00 bits per heavy atom. The number of aromatic nitrogens is 1. The number of aryl methyl sites for hydroxylation is 1. The minimum Gasteiger partial charge on any atom is -0.370 e. The van der Waals surface area contributed by atoms with Gasteiger partial charge >= 0.3 is 0 Å². The molecule has 112 valence electrons. The molecule has 0 spiro atoms. The Bertz CT molecular complexity index is 748. The van der Waals surface area contributed by atoms with Crippen LogP contribution in [0.25, 0.3) is 0 Å². The van der Waals surface area contributed by atoms with Gasteiger partial charge in [0, 0.05) is 23.3 Å². The molecule has 0 radical (unpaired) electrons. The summed E-state index contributed by atoms with van der Waals surface area (Å²) in [6, 6.07) is 8.46. The molecule has 0 aliphatic heterocycles. The van der Waals surface area contributed by atoms with E-state index in [1.807, 2.05) is 26.0 Å². The SMILES string of the molecule is CCNc1cc(S(=O)(=O)Nc2cc(C)ccc2Br)ccn1. The first-order chi connectivity index (χ1) is 9.92. The maximum absolute atomic E-state index is 12.4. The van der Waals surface area contributed by atoms with Crippen LogP contribution in [0.2, 0.25) is 0 Å². The van der Waals surface area contributed by atoms with Gasteiger partial charge in [0.2, 0.25) is 0 Å². The fourth-order valence-electron chi connectivity index (χ4n) is 1.78. The first-order valence-corrected chi connectivity index (χ1v) is 8.69. The standard InChI is InChI=1S/C14H16BrN3O2S/c1-3-16-14-9-11(6-7-17-14)21(19,20)18-13-8-10(2)4-5-12(13)15/h4-9,18H,3H2,1-2H3,(H,16,17). The molecule has 21 heavy (non-hydrogen) atoms. The Kier molecular flexibility index (Phi) is 4.84. The van der Waals surface area contributed by atoms with Crippen molar-refractivity contribution in [2.75, 3.05) is 16.6 Å². The van der Waals surface area contributed by atoms with Gasteiger partial charge in [-0.15, -0.1) is 0 Å². The van der Waals surface area contributed by atoms with E-state index in [0.29, 0.717) is 22.5 Å². The maximum Gasteiger partial charge on any atom is 0.262 e. The van der Waals surface area contributed by atoms with E-state index in [-0.39, 0.29) is 4.90 Å². The summed E-state index contributed by atoms with van der Waals surface area (Å²) >= 11 is 3.34. The van der Waals surface area contributed by atoms with E-state index in [2.05, 4.69) is 31.0 Å². The van der Waals surface area contributed by atoms with Crippen molar-refractivity contribution < 1.29 is 8.42 Å². The van der Waals surface area contributed by atoms with Crippen molar-refractivity contribution >= 4 is 37.5 Å². The average Bonchev–Trinajstić information content (AvgIpc) is 2.43. The number of hydrogen-bond acceptors (Lipinski definition) is 4. The van der Waals surface area contributed by atoms with Gasteiger partial charge in [-0.05, 0) is 53.5 Å². The van der Waals surface area contributed by atoms with Crippen molar-refractivity contribution in [3.8, 4) is 0 Å². The highest BCUT2D eigenvalue weighted by molar-refractivity contribution is 9.10. The summed E-state index contributed by atoms with van der Waals surface area (Å²) in [5.74, 6) is 0.531. The van der Waals surface area contributed by atoms with Gasteiger partial charge in [0.25, 0.3) is 10.0 Å². The molecule has 0 atom stereocenters. The number of anilines is 2. The quantitative estimate of drug-likeness (QED) is 0.847. The first kappa shape index (κ1) is 15.8. The van der Waals surface area contributed by atoms with Crippen LogP contribution in [-0.4, -0.2) is 19.9 Å². The van der Waals surface area contributed by atoms with Crippen LogP contribution in [0.4, 0.5) is 11.5 Å². The van der Waals surface area contributed by atoms with Crippen LogP contribution in [-0.2, 0) is 10.0 Å². The Morgan fingerprint density at radius 3 is 2.71 bits per heavy atom. The second kappa shape index (κ2) is 6.44. The maximum atomic E-state index is 12.4. The second-order valence-corrected chi connectivity index (χ2v) is 7.03. The summed E-state index contributed by atoms with van der Waals surface area (Å²) in [6.07, 6.45) is 1.47. The molecule has 0 aliphatic rings. The van der Waals surface area contributed by atoms with Crippen molar-refractivity contribution in [3.63, 3.8) is 0 Å². The van der Waals surface area contributed by atoms with E-state index >= 15 is 0 Å². The molecule has 1 aromatic carbocycles. The van der Waals surface area contributed by atoms with E-state index < -0.39 is 10.0 Å². The lowest BCUT2D eigenvalue weighted by Crippen LogP contribution is -2.14. The van der Waals surface area contributed by atoms with Gasteiger partial charge in [-0.1, -0.05) is 6.07 Å². The first-order valence-electron chi connectivity index (χ1n) is 6.41. The van der Waals surface area contributed by atoms with Gasteiger partial charge in [0.1, 0.15) is 5.82 Å². The molecule has 2 rings (SSSR count). The molecule has 0 unspecified atom stereocenters. The highest BCUT2D eigenvalue weighted by Gasteiger charge is 2.16. The third-order valence-corrected chi connectivity index (χ3v) is 4.82. The molecule has 0 fully saturated rings. The van der Waals surface area contributed by atoms with Crippen LogP contribution in [0, 0.1) is 6.92 Å². The number of halogens is 1.